The van der Waals surface area contributed by atoms with Crippen molar-refractivity contribution >= 4 is 21.6 Å². The Balaban J connectivity index is 2.72. The molecule has 2 atom stereocenters. The Morgan fingerprint density at radius 3 is 2.60 bits per heavy atom. The third-order valence-corrected chi connectivity index (χ3v) is 3.05. The van der Waals surface area contributed by atoms with E-state index in [0.717, 1.165) is 10.2 Å². The SMILES string of the molecule is COC(C)C(C)Nc1ccc(F)cc1Br. The van der Waals surface area contributed by atoms with E-state index in [1.165, 1.54) is 12.1 Å². The molecule has 0 aliphatic carbocycles. The molecule has 1 aromatic rings. The molecule has 0 spiro atoms. The lowest BCUT2D eigenvalue weighted by Gasteiger charge is -2.21. The van der Waals surface area contributed by atoms with E-state index in [0.29, 0.717) is 0 Å². The molecule has 1 aromatic carbocycles. The number of ether oxygens (including phenoxy) is 1. The first kappa shape index (κ1) is 12.5. The monoisotopic (exact) mass is 275 g/mol. The quantitative estimate of drug-likeness (QED) is 0.909. The van der Waals surface area contributed by atoms with Crippen molar-refractivity contribution in [2.45, 2.75) is 26.0 Å². The Morgan fingerprint density at radius 1 is 1.40 bits per heavy atom. The van der Waals surface area contributed by atoms with Gasteiger partial charge in [0.2, 0.25) is 0 Å². The highest BCUT2D eigenvalue weighted by Crippen LogP contribution is 2.24. The second-order valence-electron chi connectivity index (χ2n) is 3.50. The van der Waals surface area contributed by atoms with Crippen LogP contribution in [0.1, 0.15) is 13.8 Å². The first-order valence-electron chi connectivity index (χ1n) is 4.79. The molecule has 1 rings (SSSR count). The number of anilines is 1. The smallest absolute Gasteiger partial charge is 0.124 e. The number of hydrogen-bond acceptors (Lipinski definition) is 2. The van der Waals surface area contributed by atoms with Gasteiger partial charge < -0.3 is 10.1 Å². The van der Waals surface area contributed by atoms with Crippen LogP contribution in [0.15, 0.2) is 22.7 Å². The van der Waals surface area contributed by atoms with Gasteiger partial charge in [0.1, 0.15) is 5.82 Å². The predicted octanol–water partition coefficient (Wildman–Crippen LogP) is 3.42. The summed E-state index contributed by atoms with van der Waals surface area (Å²) in [6.45, 7) is 4.00. The van der Waals surface area contributed by atoms with Crippen molar-refractivity contribution in [1.29, 1.82) is 0 Å². The highest BCUT2D eigenvalue weighted by Gasteiger charge is 2.12. The van der Waals surface area contributed by atoms with Crippen molar-refractivity contribution in [3.05, 3.63) is 28.5 Å². The van der Waals surface area contributed by atoms with Crippen LogP contribution >= 0.6 is 15.9 Å². The molecule has 1 N–H and O–H groups in total. The van der Waals surface area contributed by atoms with Crippen molar-refractivity contribution in [3.63, 3.8) is 0 Å². The van der Waals surface area contributed by atoms with Crippen molar-refractivity contribution in [2.24, 2.45) is 0 Å². The summed E-state index contributed by atoms with van der Waals surface area (Å²) >= 11 is 3.30. The molecule has 0 aromatic heterocycles. The Bertz CT molecular complexity index is 332. The zero-order chi connectivity index (χ0) is 11.4. The minimum absolute atomic E-state index is 0.0990. The summed E-state index contributed by atoms with van der Waals surface area (Å²) < 4.78 is 18.7. The minimum atomic E-state index is -0.250. The summed E-state index contributed by atoms with van der Waals surface area (Å²) in [4.78, 5) is 0. The Hall–Kier alpha value is -0.610. The van der Waals surface area contributed by atoms with Crippen LogP contribution in [-0.4, -0.2) is 19.3 Å². The van der Waals surface area contributed by atoms with Crippen LogP contribution in [0.5, 0.6) is 0 Å². The van der Waals surface area contributed by atoms with Crippen molar-refractivity contribution in [2.75, 3.05) is 12.4 Å². The van der Waals surface area contributed by atoms with Crippen molar-refractivity contribution in [1.82, 2.24) is 0 Å². The van der Waals surface area contributed by atoms with Crippen LogP contribution in [0.25, 0.3) is 0 Å². The lowest BCUT2D eigenvalue weighted by Crippen LogP contribution is -2.29. The summed E-state index contributed by atoms with van der Waals surface area (Å²) in [6.07, 6.45) is 0.0990. The van der Waals surface area contributed by atoms with Crippen LogP contribution in [0.3, 0.4) is 0 Å². The second-order valence-corrected chi connectivity index (χ2v) is 4.35. The number of hydrogen-bond donors (Lipinski definition) is 1. The van der Waals surface area contributed by atoms with Crippen molar-refractivity contribution < 1.29 is 9.13 Å². The van der Waals surface area contributed by atoms with Crippen LogP contribution in [0.2, 0.25) is 0 Å². The van der Waals surface area contributed by atoms with Gasteiger partial charge in [-0.3, -0.25) is 0 Å². The van der Waals surface area contributed by atoms with Gasteiger partial charge >= 0.3 is 0 Å². The Kier molecular flexibility index (Phi) is 4.54. The number of rotatable bonds is 4. The van der Waals surface area contributed by atoms with Gasteiger partial charge in [-0.05, 0) is 48.0 Å². The summed E-state index contributed by atoms with van der Waals surface area (Å²) in [5, 5.41) is 3.25. The van der Waals surface area contributed by atoms with Gasteiger partial charge in [-0.2, -0.15) is 0 Å². The Morgan fingerprint density at radius 2 is 2.07 bits per heavy atom. The first-order chi connectivity index (χ1) is 7.04. The molecule has 0 amide bonds. The molecular formula is C11H15BrFNO. The lowest BCUT2D eigenvalue weighted by atomic mass is 10.2. The summed E-state index contributed by atoms with van der Waals surface area (Å²) in [6, 6.07) is 4.74. The highest BCUT2D eigenvalue weighted by molar-refractivity contribution is 9.10. The fourth-order valence-corrected chi connectivity index (χ4v) is 1.64. The van der Waals surface area contributed by atoms with Crippen LogP contribution in [0, 0.1) is 5.82 Å². The molecule has 0 aliphatic heterocycles. The molecule has 0 heterocycles. The average molecular weight is 276 g/mol. The summed E-state index contributed by atoms with van der Waals surface area (Å²) in [5.41, 5.74) is 0.868. The van der Waals surface area contributed by atoms with Gasteiger partial charge in [0.05, 0.1) is 6.10 Å². The molecule has 0 bridgehead atoms. The fourth-order valence-electron chi connectivity index (χ4n) is 1.17. The van der Waals surface area contributed by atoms with Crippen LogP contribution in [-0.2, 0) is 4.74 Å². The standard InChI is InChI=1S/C11H15BrFNO/c1-7(8(2)15-3)14-11-5-4-9(13)6-10(11)12/h4-8,14H,1-3H3. The molecule has 0 aliphatic rings. The molecule has 0 saturated heterocycles. The zero-order valence-corrected chi connectivity index (χ0v) is 10.6. The van der Waals surface area contributed by atoms with Crippen LogP contribution in [0.4, 0.5) is 10.1 Å². The zero-order valence-electron chi connectivity index (χ0n) is 9.05. The van der Waals surface area contributed by atoms with Gasteiger partial charge in [-0.1, -0.05) is 0 Å². The van der Waals surface area contributed by atoms with E-state index in [4.69, 9.17) is 4.74 Å². The molecule has 4 heteroatoms. The maximum absolute atomic E-state index is 12.8. The molecule has 84 valence electrons. The molecule has 15 heavy (non-hydrogen) atoms. The Labute approximate surface area is 98.0 Å². The van der Waals surface area contributed by atoms with E-state index in [-0.39, 0.29) is 18.0 Å². The average Bonchev–Trinajstić information content (AvgIpc) is 2.20. The van der Waals surface area contributed by atoms with Gasteiger partial charge in [-0.15, -0.1) is 0 Å². The van der Waals surface area contributed by atoms with E-state index in [2.05, 4.69) is 21.2 Å². The van der Waals surface area contributed by atoms with Gasteiger partial charge in [0.25, 0.3) is 0 Å². The first-order valence-corrected chi connectivity index (χ1v) is 5.58. The molecule has 0 fully saturated rings. The number of nitrogens with one attached hydrogen (secondary N) is 1. The number of halogens is 2. The number of methoxy groups -OCH3 is 1. The summed E-state index contributed by atoms with van der Waals surface area (Å²) in [7, 11) is 1.67. The van der Waals surface area contributed by atoms with E-state index in [1.54, 1.807) is 13.2 Å². The largest absolute Gasteiger partial charge is 0.380 e. The van der Waals surface area contributed by atoms with Crippen LogP contribution < -0.4 is 5.32 Å². The lowest BCUT2D eigenvalue weighted by molar-refractivity contribution is 0.106. The van der Waals surface area contributed by atoms with Gasteiger partial charge in [0, 0.05) is 23.3 Å². The highest BCUT2D eigenvalue weighted by atomic mass is 79.9. The maximum Gasteiger partial charge on any atom is 0.124 e. The van der Waals surface area contributed by atoms with Gasteiger partial charge in [-0.25, -0.2) is 4.39 Å². The molecule has 0 radical (unpaired) electrons. The van der Waals surface area contributed by atoms with E-state index >= 15 is 0 Å². The molecule has 0 saturated carbocycles. The van der Waals surface area contributed by atoms with Crippen molar-refractivity contribution in [3.8, 4) is 0 Å². The predicted molar refractivity (Wildman–Crippen MR) is 63.7 cm³/mol. The molecule has 2 unspecified atom stereocenters. The molecule has 2 nitrogen and oxygen atoms in total. The topological polar surface area (TPSA) is 21.3 Å². The molecular weight excluding hydrogens is 261 g/mol. The van der Waals surface area contributed by atoms with E-state index in [9.17, 15) is 4.39 Å². The third kappa shape index (κ3) is 3.47. The second kappa shape index (κ2) is 5.47. The maximum atomic E-state index is 12.8. The summed E-state index contributed by atoms with van der Waals surface area (Å²) in [5.74, 6) is -0.250. The normalized spacial score (nSPS) is 14.7. The van der Waals surface area contributed by atoms with E-state index in [1.807, 2.05) is 13.8 Å². The van der Waals surface area contributed by atoms with Gasteiger partial charge in [0.15, 0.2) is 0 Å². The minimum Gasteiger partial charge on any atom is -0.380 e. The third-order valence-electron chi connectivity index (χ3n) is 2.39. The number of benzene rings is 1. The fraction of sp³-hybridized carbons (Fsp3) is 0.455. The van der Waals surface area contributed by atoms with E-state index < -0.39 is 0 Å².